The van der Waals surface area contributed by atoms with Gasteiger partial charge in [-0.05, 0) is 32.8 Å². The minimum Gasteiger partial charge on any atom is -0.462 e. The van der Waals surface area contributed by atoms with E-state index in [9.17, 15) is 24.0 Å². The molecule has 2 unspecified atom stereocenters. The van der Waals surface area contributed by atoms with E-state index in [1.165, 1.54) is 22.7 Å². The molecule has 0 saturated carbocycles. The Bertz CT molecular complexity index is 1420. The van der Waals surface area contributed by atoms with Gasteiger partial charge < -0.3 is 33.8 Å². The van der Waals surface area contributed by atoms with Crippen molar-refractivity contribution in [3.05, 3.63) is 69.8 Å². The van der Waals surface area contributed by atoms with Gasteiger partial charge in [-0.25, -0.2) is 14.4 Å². The van der Waals surface area contributed by atoms with E-state index >= 15 is 0 Å². The van der Waals surface area contributed by atoms with Crippen molar-refractivity contribution in [2.24, 2.45) is 0 Å². The van der Waals surface area contributed by atoms with E-state index in [-0.39, 0.29) is 30.1 Å². The third kappa shape index (κ3) is 6.75. The highest BCUT2D eigenvalue weighted by molar-refractivity contribution is 9.08. The maximum Gasteiger partial charge on any atom is 0.519 e. The number of β-lactam (4-membered cyclic amide) rings is 1. The number of hydrogen-bond acceptors (Lipinski definition) is 11. The number of halogens is 1. The second kappa shape index (κ2) is 13.2. The Kier molecular flexibility index (Phi) is 9.87. The zero-order valence-electron chi connectivity index (χ0n) is 23.5. The number of hydrogen-bond donors (Lipinski definition) is 2. The largest absolute Gasteiger partial charge is 0.519 e. The predicted octanol–water partition coefficient (Wildman–Crippen LogP) is 2.91. The van der Waals surface area contributed by atoms with Crippen LogP contribution in [0.4, 0.5) is 0 Å². The lowest BCUT2D eigenvalue weighted by molar-refractivity contribution is -0.165. The van der Waals surface area contributed by atoms with E-state index in [0.29, 0.717) is 17.7 Å². The summed E-state index contributed by atoms with van der Waals surface area (Å²) in [5.74, 6) is -2.72. The SMILES string of the molecule is CCCOC(=O)/C=C(\C)NC(C(=O)NC1C(=O)N2[C@@H]1SC(C)(C)[C@@H]2C(=O)OCc1oc(=O)oc1CBr)c1ccccc1. The van der Waals surface area contributed by atoms with Crippen LogP contribution in [0.15, 0.2) is 55.7 Å². The minimum atomic E-state index is -0.929. The second-order valence-corrected chi connectivity index (χ2v) is 12.6. The molecule has 2 N–H and O–H groups in total. The Hall–Kier alpha value is -3.52. The van der Waals surface area contributed by atoms with Crippen LogP contribution < -0.4 is 16.5 Å². The first-order chi connectivity index (χ1) is 20.0. The highest BCUT2D eigenvalue weighted by Crippen LogP contribution is 2.51. The molecule has 0 aliphatic carbocycles. The maximum absolute atomic E-state index is 13.5. The molecule has 4 rings (SSSR count). The predicted molar refractivity (Wildman–Crippen MR) is 155 cm³/mol. The fourth-order valence-corrected chi connectivity index (χ4v) is 6.81. The topological polar surface area (TPSA) is 157 Å². The summed E-state index contributed by atoms with van der Waals surface area (Å²) in [5, 5.41) is 5.57. The van der Waals surface area contributed by atoms with Crippen molar-refractivity contribution in [3.8, 4) is 0 Å². The number of ether oxygens (including phenoxy) is 2. The normalized spacial score (nSPS) is 21.6. The van der Waals surface area contributed by atoms with Crippen LogP contribution in [0.2, 0.25) is 0 Å². The number of carbonyl (C=O) groups is 4. The van der Waals surface area contributed by atoms with Gasteiger partial charge in [-0.1, -0.05) is 53.2 Å². The van der Waals surface area contributed by atoms with E-state index < -0.39 is 57.8 Å². The van der Waals surface area contributed by atoms with Gasteiger partial charge >= 0.3 is 17.8 Å². The van der Waals surface area contributed by atoms with Gasteiger partial charge in [0.1, 0.15) is 23.5 Å². The third-order valence-corrected chi connectivity index (χ3v) is 8.78. The molecular formula is C28H32BrN3O9S. The maximum atomic E-state index is 13.5. The number of benzene rings is 1. The quantitative estimate of drug-likeness (QED) is 0.149. The lowest BCUT2D eigenvalue weighted by Crippen LogP contribution is -2.71. The minimum absolute atomic E-state index is 0.0766. The summed E-state index contributed by atoms with van der Waals surface area (Å²) in [5.41, 5.74) is 1.04. The lowest BCUT2D eigenvalue weighted by Gasteiger charge is -2.44. The van der Waals surface area contributed by atoms with Gasteiger partial charge in [-0.2, -0.15) is 0 Å². The smallest absolute Gasteiger partial charge is 0.462 e. The average molecular weight is 667 g/mol. The molecule has 14 heteroatoms. The number of esters is 2. The Morgan fingerprint density at radius 2 is 1.83 bits per heavy atom. The highest BCUT2D eigenvalue weighted by Gasteiger charge is 2.64. The van der Waals surface area contributed by atoms with Crippen molar-refractivity contribution in [2.45, 2.75) is 74.3 Å². The van der Waals surface area contributed by atoms with Crippen LogP contribution >= 0.6 is 27.7 Å². The van der Waals surface area contributed by atoms with Crippen LogP contribution in [0, 0.1) is 0 Å². The van der Waals surface area contributed by atoms with Gasteiger partial charge in [0.25, 0.3) is 0 Å². The monoisotopic (exact) mass is 665 g/mol. The summed E-state index contributed by atoms with van der Waals surface area (Å²) in [6.45, 7) is 7.11. The Balaban J connectivity index is 1.45. The molecule has 0 radical (unpaired) electrons. The molecule has 3 heterocycles. The number of carbonyl (C=O) groups excluding carboxylic acids is 4. The number of nitrogens with one attached hydrogen (secondary N) is 2. The summed E-state index contributed by atoms with van der Waals surface area (Å²) in [4.78, 5) is 64.9. The molecular weight excluding hydrogens is 634 g/mol. The molecule has 0 spiro atoms. The van der Waals surface area contributed by atoms with Gasteiger partial charge in [0.2, 0.25) is 11.8 Å². The van der Waals surface area contributed by atoms with Crippen molar-refractivity contribution in [1.82, 2.24) is 15.5 Å². The summed E-state index contributed by atoms with van der Waals surface area (Å²) in [7, 11) is 0. The lowest BCUT2D eigenvalue weighted by atomic mass is 9.95. The summed E-state index contributed by atoms with van der Waals surface area (Å²) in [6, 6.07) is 6.19. The second-order valence-electron chi connectivity index (χ2n) is 10.3. The molecule has 42 heavy (non-hydrogen) atoms. The van der Waals surface area contributed by atoms with Crippen molar-refractivity contribution < 1.29 is 37.5 Å². The van der Waals surface area contributed by atoms with Crippen LogP contribution in [-0.2, 0) is 40.6 Å². The number of amides is 2. The van der Waals surface area contributed by atoms with Crippen molar-refractivity contribution in [3.63, 3.8) is 0 Å². The standard InChI is InChI=1S/C28H32BrN3O9S/c1-5-11-38-19(33)12-15(2)30-20(16-9-7-6-8-10-16)23(34)31-21-24(35)32-22(28(3,4)42-25(21)32)26(36)39-14-18-17(13-29)40-27(37)41-18/h6-10,12,20-22,25,30H,5,11,13-14H2,1-4H3,(H,31,34)/b15-12+/t20?,21?,22-,25+/m0/s1. The van der Waals surface area contributed by atoms with Gasteiger partial charge in [0.05, 0.1) is 11.9 Å². The number of allylic oxidation sites excluding steroid dienone is 1. The van der Waals surface area contributed by atoms with Crippen LogP contribution in [0.5, 0.6) is 0 Å². The van der Waals surface area contributed by atoms with Crippen molar-refractivity contribution in [2.75, 3.05) is 6.61 Å². The number of fused-ring (bicyclic) bond motifs is 1. The van der Waals surface area contributed by atoms with Crippen molar-refractivity contribution in [1.29, 1.82) is 0 Å². The number of rotatable bonds is 12. The number of nitrogens with zero attached hydrogens (tertiary/aromatic N) is 1. The average Bonchev–Trinajstić information content (AvgIpc) is 3.45. The van der Waals surface area contributed by atoms with E-state index in [1.54, 1.807) is 31.2 Å². The van der Waals surface area contributed by atoms with E-state index in [4.69, 9.17) is 18.3 Å². The van der Waals surface area contributed by atoms with Crippen LogP contribution in [-0.4, -0.2) is 57.5 Å². The van der Waals surface area contributed by atoms with Gasteiger partial charge in [0.15, 0.2) is 18.1 Å². The summed E-state index contributed by atoms with van der Waals surface area (Å²) < 4.78 is 19.6. The molecule has 2 fully saturated rings. The first-order valence-corrected chi connectivity index (χ1v) is 15.3. The summed E-state index contributed by atoms with van der Waals surface area (Å²) >= 11 is 4.55. The molecule has 12 nitrogen and oxygen atoms in total. The number of alkyl halides is 1. The molecule has 0 bridgehead atoms. The van der Waals surface area contributed by atoms with E-state index in [1.807, 2.05) is 26.8 Å². The fourth-order valence-electron chi connectivity index (χ4n) is 4.76. The summed E-state index contributed by atoms with van der Waals surface area (Å²) in [6.07, 6.45) is 1.96. The van der Waals surface area contributed by atoms with Crippen LogP contribution in [0.1, 0.15) is 57.2 Å². The zero-order valence-corrected chi connectivity index (χ0v) is 25.9. The highest BCUT2D eigenvalue weighted by atomic mass is 79.9. The molecule has 1 aromatic heterocycles. The van der Waals surface area contributed by atoms with Gasteiger partial charge in [-0.3, -0.25) is 9.59 Å². The zero-order chi connectivity index (χ0) is 30.6. The molecule has 226 valence electrons. The molecule has 2 aromatic rings. The van der Waals surface area contributed by atoms with E-state index in [0.717, 1.165) is 0 Å². The molecule has 2 saturated heterocycles. The Morgan fingerprint density at radius 1 is 1.14 bits per heavy atom. The van der Waals surface area contributed by atoms with Gasteiger partial charge in [0, 0.05) is 16.5 Å². The van der Waals surface area contributed by atoms with Crippen LogP contribution in [0.3, 0.4) is 0 Å². The molecule has 2 aliphatic rings. The molecule has 4 atom stereocenters. The molecule has 2 aliphatic heterocycles. The molecule has 2 amide bonds. The first kappa shape index (κ1) is 31.4. The van der Waals surface area contributed by atoms with E-state index in [2.05, 4.69) is 26.6 Å². The van der Waals surface area contributed by atoms with Gasteiger partial charge in [-0.15, -0.1) is 11.8 Å². The first-order valence-electron chi connectivity index (χ1n) is 13.3. The fraction of sp³-hybridized carbons (Fsp3) is 0.464. The van der Waals surface area contributed by atoms with Crippen LogP contribution in [0.25, 0.3) is 0 Å². The number of thioether (sulfide) groups is 1. The Labute approximate surface area is 254 Å². The Morgan fingerprint density at radius 3 is 2.50 bits per heavy atom. The van der Waals surface area contributed by atoms with Crippen molar-refractivity contribution >= 4 is 51.4 Å². The molecule has 1 aromatic carbocycles. The third-order valence-electron chi connectivity index (χ3n) is 6.70.